The third kappa shape index (κ3) is 1.57. The Balaban J connectivity index is 2.13. The van der Waals surface area contributed by atoms with Gasteiger partial charge in [0.25, 0.3) is 0 Å². The normalized spacial score (nSPS) is 34.2. The third-order valence-corrected chi connectivity index (χ3v) is 5.58. The molecule has 1 aromatic rings. The molecule has 0 radical (unpaired) electrons. The highest BCUT2D eigenvalue weighted by Crippen LogP contribution is 2.58. The average Bonchev–Trinajstić information content (AvgIpc) is 2.53. The van der Waals surface area contributed by atoms with Gasteiger partial charge in [-0.3, -0.25) is 0 Å². The van der Waals surface area contributed by atoms with Crippen molar-refractivity contribution in [1.29, 1.82) is 0 Å². The fourth-order valence-electron chi connectivity index (χ4n) is 4.42. The highest BCUT2D eigenvalue weighted by Gasteiger charge is 2.51. The van der Waals surface area contributed by atoms with E-state index in [1.165, 1.54) is 36.8 Å². The maximum Gasteiger partial charge on any atom is 0.0409 e. The minimum atomic E-state index is 0.363. The van der Waals surface area contributed by atoms with Crippen LogP contribution in [-0.4, -0.2) is 0 Å². The van der Waals surface area contributed by atoms with Gasteiger partial charge in [0, 0.05) is 5.02 Å². The number of fused-ring (bicyclic) bond motifs is 3. The second kappa shape index (κ2) is 3.51. The predicted molar refractivity (Wildman–Crippen MR) is 73.6 cm³/mol. The van der Waals surface area contributed by atoms with Crippen LogP contribution in [0.25, 0.3) is 0 Å². The van der Waals surface area contributed by atoms with Crippen LogP contribution < -0.4 is 0 Å². The highest BCUT2D eigenvalue weighted by atomic mass is 35.5. The molecule has 0 spiro atoms. The van der Waals surface area contributed by atoms with Crippen molar-refractivity contribution in [2.75, 3.05) is 0 Å². The Hall–Kier alpha value is -0.490. The zero-order valence-corrected chi connectivity index (χ0v) is 11.8. The Kier molecular flexibility index (Phi) is 2.39. The first kappa shape index (κ1) is 11.6. The van der Waals surface area contributed by atoms with Gasteiger partial charge in [-0.15, -0.1) is 0 Å². The molecule has 0 N–H and O–H groups in total. The molecule has 1 fully saturated rings. The lowest BCUT2D eigenvalue weighted by Gasteiger charge is -2.47. The second-order valence-electron chi connectivity index (χ2n) is 6.82. The maximum absolute atomic E-state index is 6.19. The summed E-state index contributed by atoms with van der Waals surface area (Å²) in [6.07, 6.45) is 5.30. The van der Waals surface area contributed by atoms with Crippen LogP contribution in [-0.2, 0) is 11.8 Å². The first-order valence-electron chi connectivity index (χ1n) is 6.72. The largest absolute Gasteiger partial charge is 0.0843 e. The van der Waals surface area contributed by atoms with E-state index in [-0.39, 0.29) is 0 Å². The van der Waals surface area contributed by atoms with Gasteiger partial charge in [0.05, 0.1) is 0 Å². The lowest BCUT2D eigenvalue weighted by molar-refractivity contribution is 0.0702. The van der Waals surface area contributed by atoms with Crippen LogP contribution >= 0.6 is 11.6 Å². The molecule has 1 saturated carbocycles. The van der Waals surface area contributed by atoms with Crippen LogP contribution in [0.5, 0.6) is 0 Å². The minimum absolute atomic E-state index is 0.363. The summed E-state index contributed by atoms with van der Waals surface area (Å²) < 4.78 is 0. The molecule has 1 unspecified atom stereocenters. The van der Waals surface area contributed by atoms with Gasteiger partial charge in [-0.25, -0.2) is 0 Å². The smallest absolute Gasteiger partial charge is 0.0409 e. The molecule has 2 aliphatic carbocycles. The Labute approximate surface area is 109 Å². The van der Waals surface area contributed by atoms with Crippen molar-refractivity contribution in [2.24, 2.45) is 11.3 Å². The van der Waals surface area contributed by atoms with E-state index in [9.17, 15) is 0 Å². The second-order valence-corrected chi connectivity index (χ2v) is 7.25. The first-order chi connectivity index (χ1) is 7.93. The number of hydrogen-bond acceptors (Lipinski definition) is 0. The van der Waals surface area contributed by atoms with E-state index in [1.807, 2.05) is 6.07 Å². The van der Waals surface area contributed by atoms with Gasteiger partial charge in [0.1, 0.15) is 0 Å². The zero-order chi connectivity index (χ0) is 12.3. The molecule has 0 bridgehead atoms. The SMILES string of the molecule is CC1(C)CCC[C@@]2(C)c3cc(Cl)ccc3CC12. The molecule has 17 heavy (non-hydrogen) atoms. The van der Waals surface area contributed by atoms with Gasteiger partial charge in [-0.05, 0) is 59.3 Å². The van der Waals surface area contributed by atoms with Gasteiger partial charge >= 0.3 is 0 Å². The van der Waals surface area contributed by atoms with Crippen LogP contribution in [0.15, 0.2) is 18.2 Å². The Morgan fingerprint density at radius 3 is 2.71 bits per heavy atom. The number of benzene rings is 1. The Morgan fingerprint density at radius 2 is 1.94 bits per heavy atom. The molecule has 0 aromatic heterocycles. The first-order valence-corrected chi connectivity index (χ1v) is 7.10. The molecule has 0 saturated heterocycles. The number of hydrogen-bond donors (Lipinski definition) is 0. The van der Waals surface area contributed by atoms with Crippen LogP contribution in [0, 0.1) is 11.3 Å². The van der Waals surface area contributed by atoms with E-state index in [2.05, 4.69) is 32.9 Å². The van der Waals surface area contributed by atoms with Gasteiger partial charge in [-0.1, -0.05) is 44.9 Å². The molecule has 3 rings (SSSR count). The summed E-state index contributed by atoms with van der Waals surface area (Å²) in [5.41, 5.74) is 3.90. The number of rotatable bonds is 0. The van der Waals surface area contributed by atoms with Crippen LogP contribution in [0.2, 0.25) is 5.02 Å². The fourth-order valence-corrected chi connectivity index (χ4v) is 4.60. The van der Waals surface area contributed by atoms with Crippen LogP contribution in [0.1, 0.15) is 51.2 Å². The zero-order valence-electron chi connectivity index (χ0n) is 11.0. The fraction of sp³-hybridized carbons (Fsp3) is 0.625. The summed E-state index contributed by atoms with van der Waals surface area (Å²) >= 11 is 6.19. The van der Waals surface area contributed by atoms with Crippen molar-refractivity contribution in [3.05, 3.63) is 34.3 Å². The van der Waals surface area contributed by atoms with E-state index >= 15 is 0 Å². The highest BCUT2D eigenvalue weighted by molar-refractivity contribution is 6.30. The summed E-state index contributed by atoms with van der Waals surface area (Å²) in [5, 5.41) is 0.897. The van der Waals surface area contributed by atoms with Crippen molar-refractivity contribution < 1.29 is 0 Å². The standard InChI is InChI=1S/C16H21Cl/c1-15(2)7-4-8-16(3)13-10-12(17)6-5-11(13)9-14(15)16/h5-6,10,14H,4,7-9H2,1-3H3/t14?,16-/m0/s1. The third-order valence-electron chi connectivity index (χ3n) is 5.34. The average molecular weight is 249 g/mol. The van der Waals surface area contributed by atoms with Crippen LogP contribution in [0.4, 0.5) is 0 Å². The van der Waals surface area contributed by atoms with Gasteiger partial charge in [0.2, 0.25) is 0 Å². The molecule has 0 nitrogen and oxygen atoms in total. The summed E-state index contributed by atoms with van der Waals surface area (Å²) in [4.78, 5) is 0. The van der Waals surface area contributed by atoms with E-state index in [1.54, 1.807) is 0 Å². The van der Waals surface area contributed by atoms with Crippen molar-refractivity contribution in [3.8, 4) is 0 Å². The summed E-state index contributed by atoms with van der Waals surface area (Å²) in [7, 11) is 0. The quantitative estimate of drug-likeness (QED) is 0.608. The van der Waals surface area contributed by atoms with E-state index < -0.39 is 0 Å². The summed E-state index contributed by atoms with van der Waals surface area (Å²) in [6, 6.07) is 6.52. The Bertz CT molecular complexity index is 461. The molecule has 0 heterocycles. The molecule has 2 atom stereocenters. The molecule has 0 aliphatic heterocycles. The molecule has 0 amide bonds. The van der Waals surface area contributed by atoms with E-state index in [0.717, 1.165) is 10.9 Å². The summed E-state index contributed by atoms with van der Waals surface area (Å²) in [6.45, 7) is 7.35. The maximum atomic E-state index is 6.19. The molecule has 92 valence electrons. The Morgan fingerprint density at radius 1 is 1.18 bits per heavy atom. The van der Waals surface area contributed by atoms with Crippen molar-refractivity contribution in [2.45, 2.75) is 51.9 Å². The molecule has 2 aliphatic rings. The monoisotopic (exact) mass is 248 g/mol. The molecule has 1 heteroatoms. The predicted octanol–water partition coefficient (Wildman–Crippen LogP) is 4.98. The lowest BCUT2D eigenvalue weighted by Crippen LogP contribution is -2.42. The van der Waals surface area contributed by atoms with Crippen LogP contribution in [0.3, 0.4) is 0 Å². The van der Waals surface area contributed by atoms with E-state index in [0.29, 0.717) is 10.8 Å². The lowest BCUT2D eigenvalue weighted by atomic mass is 9.57. The number of halogens is 1. The molecular weight excluding hydrogens is 228 g/mol. The van der Waals surface area contributed by atoms with Crippen molar-refractivity contribution >= 4 is 11.6 Å². The van der Waals surface area contributed by atoms with Gasteiger partial charge in [-0.2, -0.15) is 0 Å². The summed E-state index contributed by atoms with van der Waals surface area (Å²) in [5.74, 6) is 0.789. The van der Waals surface area contributed by atoms with Gasteiger partial charge in [0.15, 0.2) is 0 Å². The molecule has 1 aromatic carbocycles. The minimum Gasteiger partial charge on any atom is -0.0843 e. The van der Waals surface area contributed by atoms with E-state index in [4.69, 9.17) is 11.6 Å². The van der Waals surface area contributed by atoms with Gasteiger partial charge < -0.3 is 0 Å². The molecular formula is C16H21Cl. The van der Waals surface area contributed by atoms with Crippen molar-refractivity contribution in [1.82, 2.24) is 0 Å². The topological polar surface area (TPSA) is 0 Å². The van der Waals surface area contributed by atoms with Crippen molar-refractivity contribution in [3.63, 3.8) is 0 Å².